The molecule has 1 N–H and O–H groups in total. The van der Waals surface area contributed by atoms with Gasteiger partial charge in [-0.1, -0.05) is 35.3 Å². The van der Waals surface area contributed by atoms with Gasteiger partial charge in [-0.25, -0.2) is 0 Å². The lowest BCUT2D eigenvalue weighted by molar-refractivity contribution is 1.05. The molecule has 0 aliphatic rings. The predicted molar refractivity (Wildman–Crippen MR) is 58.8 cm³/mol. The van der Waals surface area contributed by atoms with Crippen molar-refractivity contribution in [1.29, 1.82) is 0 Å². The van der Waals surface area contributed by atoms with Gasteiger partial charge in [0.15, 0.2) is 0 Å². The third-order valence-electron chi connectivity index (χ3n) is 1.93. The van der Waals surface area contributed by atoms with Gasteiger partial charge in [0.05, 0.1) is 15.7 Å². The molecule has 4 heteroatoms. The van der Waals surface area contributed by atoms with Crippen molar-refractivity contribution in [2.45, 2.75) is 6.92 Å². The fraction of sp³-hybridized carbons (Fsp3) is 0.100. The normalized spacial score (nSPS) is 10.5. The monoisotopic (exact) mass is 226 g/mol. The Kier molecular flexibility index (Phi) is 2.48. The number of nitrogens with zero attached hydrogens (tertiary/aromatic N) is 1. The van der Waals surface area contributed by atoms with E-state index < -0.39 is 0 Å². The van der Waals surface area contributed by atoms with Gasteiger partial charge in [0.1, 0.15) is 0 Å². The van der Waals surface area contributed by atoms with Crippen molar-refractivity contribution in [3.8, 4) is 11.3 Å². The Morgan fingerprint density at radius 3 is 2.71 bits per heavy atom. The highest BCUT2D eigenvalue weighted by atomic mass is 35.5. The van der Waals surface area contributed by atoms with Gasteiger partial charge in [0, 0.05) is 11.3 Å². The number of nitrogens with one attached hydrogen (secondary N) is 1. The van der Waals surface area contributed by atoms with E-state index in [-0.39, 0.29) is 0 Å². The van der Waals surface area contributed by atoms with Crippen LogP contribution in [0.4, 0.5) is 0 Å². The highest BCUT2D eigenvalue weighted by Gasteiger charge is 2.08. The van der Waals surface area contributed by atoms with E-state index in [1.165, 1.54) is 0 Å². The van der Waals surface area contributed by atoms with Crippen LogP contribution in [0.25, 0.3) is 11.3 Å². The van der Waals surface area contributed by atoms with Crippen molar-refractivity contribution in [3.63, 3.8) is 0 Å². The number of hydrogen-bond acceptors (Lipinski definition) is 1. The molecule has 0 spiro atoms. The highest BCUT2D eigenvalue weighted by Crippen LogP contribution is 2.32. The van der Waals surface area contributed by atoms with Gasteiger partial charge in [-0.05, 0) is 19.1 Å². The van der Waals surface area contributed by atoms with Crippen LogP contribution < -0.4 is 0 Å². The Hall–Kier alpha value is -0.990. The van der Waals surface area contributed by atoms with Crippen LogP contribution in [0.1, 0.15) is 5.69 Å². The maximum atomic E-state index is 6.05. The smallest absolute Gasteiger partial charge is 0.0938 e. The van der Waals surface area contributed by atoms with Crippen LogP contribution in [-0.4, -0.2) is 10.2 Å². The number of rotatable bonds is 1. The summed E-state index contributed by atoms with van der Waals surface area (Å²) < 4.78 is 0. The van der Waals surface area contributed by atoms with Gasteiger partial charge in [-0.3, -0.25) is 5.10 Å². The third-order valence-corrected chi connectivity index (χ3v) is 2.75. The van der Waals surface area contributed by atoms with E-state index >= 15 is 0 Å². The van der Waals surface area contributed by atoms with E-state index in [0.717, 1.165) is 17.0 Å². The van der Waals surface area contributed by atoms with Crippen LogP contribution in [0.15, 0.2) is 24.3 Å². The van der Waals surface area contributed by atoms with Crippen molar-refractivity contribution >= 4 is 23.2 Å². The molecule has 0 atom stereocenters. The minimum atomic E-state index is 0.542. The van der Waals surface area contributed by atoms with Crippen LogP contribution in [0.5, 0.6) is 0 Å². The Morgan fingerprint density at radius 2 is 2.07 bits per heavy atom. The van der Waals surface area contributed by atoms with Crippen LogP contribution in [0.3, 0.4) is 0 Å². The zero-order valence-corrected chi connectivity index (χ0v) is 9.02. The van der Waals surface area contributed by atoms with E-state index in [9.17, 15) is 0 Å². The average Bonchev–Trinajstić information content (AvgIpc) is 2.57. The van der Waals surface area contributed by atoms with Crippen molar-refractivity contribution in [1.82, 2.24) is 10.2 Å². The molecule has 0 amide bonds. The standard InChI is InChI=1S/C10H8Cl2N2/c1-6-5-9(14-13-6)7-3-2-4-8(11)10(7)12/h2-5H,1H3,(H,13,14). The molecular weight excluding hydrogens is 219 g/mol. The minimum absolute atomic E-state index is 0.542. The molecule has 2 nitrogen and oxygen atoms in total. The summed E-state index contributed by atoms with van der Waals surface area (Å²) in [5.74, 6) is 0. The molecule has 0 aliphatic heterocycles. The van der Waals surface area contributed by atoms with Crippen LogP contribution in [0.2, 0.25) is 10.0 Å². The summed E-state index contributed by atoms with van der Waals surface area (Å²) in [5, 5.41) is 8.07. The molecule has 0 saturated heterocycles. The van der Waals surface area contributed by atoms with Gasteiger partial charge >= 0.3 is 0 Å². The fourth-order valence-electron chi connectivity index (χ4n) is 1.26. The molecule has 0 saturated carbocycles. The van der Waals surface area contributed by atoms with Gasteiger partial charge in [0.2, 0.25) is 0 Å². The molecule has 0 aliphatic carbocycles. The summed E-state index contributed by atoms with van der Waals surface area (Å²) in [6, 6.07) is 7.43. The summed E-state index contributed by atoms with van der Waals surface area (Å²) in [4.78, 5) is 0. The predicted octanol–water partition coefficient (Wildman–Crippen LogP) is 3.69. The quantitative estimate of drug-likeness (QED) is 0.790. The second-order valence-electron chi connectivity index (χ2n) is 3.04. The van der Waals surface area contributed by atoms with Crippen LogP contribution >= 0.6 is 23.2 Å². The first-order chi connectivity index (χ1) is 6.68. The lowest BCUT2D eigenvalue weighted by Crippen LogP contribution is -1.80. The van der Waals surface area contributed by atoms with Gasteiger partial charge in [0.25, 0.3) is 0 Å². The lowest BCUT2D eigenvalue weighted by Gasteiger charge is -2.01. The first kappa shape index (κ1) is 9.56. The van der Waals surface area contributed by atoms with Crippen LogP contribution in [-0.2, 0) is 0 Å². The SMILES string of the molecule is Cc1cc(-c2cccc(Cl)c2Cl)n[nH]1. The molecule has 0 radical (unpaired) electrons. The van der Waals surface area contributed by atoms with E-state index in [1.807, 2.05) is 25.1 Å². The topological polar surface area (TPSA) is 28.7 Å². The maximum Gasteiger partial charge on any atom is 0.0938 e. The number of benzene rings is 1. The number of aryl methyl sites for hydroxylation is 1. The van der Waals surface area contributed by atoms with Crippen molar-refractivity contribution in [3.05, 3.63) is 40.0 Å². The summed E-state index contributed by atoms with van der Waals surface area (Å²) in [6.45, 7) is 1.94. The number of aromatic amines is 1. The fourth-order valence-corrected chi connectivity index (χ4v) is 1.65. The van der Waals surface area contributed by atoms with E-state index in [0.29, 0.717) is 10.0 Å². The Balaban J connectivity index is 2.57. The van der Waals surface area contributed by atoms with Gasteiger partial charge < -0.3 is 0 Å². The highest BCUT2D eigenvalue weighted by molar-refractivity contribution is 6.43. The lowest BCUT2D eigenvalue weighted by atomic mass is 10.1. The second-order valence-corrected chi connectivity index (χ2v) is 3.82. The van der Waals surface area contributed by atoms with Crippen LogP contribution in [0, 0.1) is 6.92 Å². The summed E-state index contributed by atoms with van der Waals surface area (Å²) in [7, 11) is 0. The Labute approximate surface area is 91.9 Å². The molecule has 14 heavy (non-hydrogen) atoms. The molecule has 72 valence electrons. The molecule has 1 heterocycles. The zero-order valence-electron chi connectivity index (χ0n) is 7.51. The summed E-state index contributed by atoms with van der Waals surface area (Å²) in [6.07, 6.45) is 0. The molecule has 2 rings (SSSR count). The van der Waals surface area contributed by atoms with E-state index in [4.69, 9.17) is 23.2 Å². The second kappa shape index (κ2) is 3.64. The molecule has 0 unspecified atom stereocenters. The molecule has 1 aromatic heterocycles. The molecule has 2 aromatic rings. The summed E-state index contributed by atoms with van der Waals surface area (Å²) in [5.41, 5.74) is 2.66. The first-order valence-corrected chi connectivity index (χ1v) is 4.90. The zero-order chi connectivity index (χ0) is 10.1. The Bertz CT molecular complexity index is 463. The number of H-pyrrole nitrogens is 1. The number of hydrogen-bond donors (Lipinski definition) is 1. The first-order valence-electron chi connectivity index (χ1n) is 4.15. The average molecular weight is 227 g/mol. The summed E-state index contributed by atoms with van der Waals surface area (Å²) >= 11 is 12.0. The van der Waals surface area contributed by atoms with Gasteiger partial charge in [-0.2, -0.15) is 5.10 Å². The van der Waals surface area contributed by atoms with E-state index in [2.05, 4.69) is 10.2 Å². The van der Waals surface area contributed by atoms with E-state index in [1.54, 1.807) is 6.07 Å². The maximum absolute atomic E-state index is 6.05. The molecule has 0 bridgehead atoms. The number of aromatic nitrogens is 2. The molecule has 0 fully saturated rings. The van der Waals surface area contributed by atoms with Crippen molar-refractivity contribution < 1.29 is 0 Å². The number of halogens is 2. The van der Waals surface area contributed by atoms with Gasteiger partial charge in [-0.15, -0.1) is 0 Å². The van der Waals surface area contributed by atoms with Crippen molar-refractivity contribution in [2.75, 3.05) is 0 Å². The minimum Gasteiger partial charge on any atom is -0.282 e. The van der Waals surface area contributed by atoms with Crippen molar-refractivity contribution in [2.24, 2.45) is 0 Å². The Morgan fingerprint density at radius 1 is 1.29 bits per heavy atom. The molecule has 1 aromatic carbocycles. The largest absolute Gasteiger partial charge is 0.282 e. The third kappa shape index (κ3) is 1.63. The molecular formula is C10H8Cl2N2.